The van der Waals surface area contributed by atoms with Crippen molar-refractivity contribution in [1.82, 2.24) is 9.88 Å². The maximum absolute atomic E-state index is 12.1. The van der Waals surface area contributed by atoms with Crippen molar-refractivity contribution in [3.05, 3.63) is 53.3 Å². The van der Waals surface area contributed by atoms with E-state index in [-0.39, 0.29) is 11.9 Å². The summed E-state index contributed by atoms with van der Waals surface area (Å²) >= 11 is 0. The van der Waals surface area contributed by atoms with Crippen LogP contribution in [0.4, 0.5) is 0 Å². The highest BCUT2D eigenvalue weighted by molar-refractivity contribution is 5.92. The van der Waals surface area contributed by atoms with Gasteiger partial charge in [-0.2, -0.15) is 0 Å². The minimum atomic E-state index is -0.0832. The Labute approximate surface area is 125 Å². The van der Waals surface area contributed by atoms with Gasteiger partial charge in [0.15, 0.2) is 0 Å². The number of carbonyl (C=O) groups is 1. The zero-order valence-corrected chi connectivity index (χ0v) is 13.0. The van der Waals surface area contributed by atoms with Crippen LogP contribution in [0.15, 0.2) is 36.5 Å². The second-order valence-electron chi connectivity index (χ2n) is 5.41. The zero-order chi connectivity index (χ0) is 15.4. The van der Waals surface area contributed by atoms with Gasteiger partial charge in [0.1, 0.15) is 18.1 Å². The van der Waals surface area contributed by atoms with E-state index in [4.69, 9.17) is 4.74 Å². The Balaban J connectivity index is 1.92. The Kier molecular flexibility index (Phi) is 4.68. The molecule has 0 aliphatic carbocycles. The molecule has 1 aromatic heterocycles. The number of benzene rings is 1. The van der Waals surface area contributed by atoms with Crippen LogP contribution in [0, 0.1) is 13.8 Å². The number of aromatic nitrogens is 1. The van der Waals surface area contributed by atoms with Crippen LogP contribution in [0.5, 0.6) is 5.75 Å². The average molecular weight is 286 g/mol. The quantitative estimate of drug-likeness (QED) is 0.918. The van der Waals surface area contributed by atoms with Crippen molar-refractivity contribution in [1.29, 1.82) is 0 Å². The molecule has 0 bridgehead atoms. The second kappa shape index (κ2) is 6.48. The minimum absolute atomic E-state index is 0.0635. The van der Waals surface area contributed by atoms with E-state index in [0.717, 1.165) is 16.9 Å². The van der Waals surface area contributed by atoms with Crippen molar-refractivity contribution in [2.75, 3.05) is 6.61 Å². The van der Waals surface area contributed by atoms with Gasteiger partial charge in [0.05, 0.1) is 6.04 Å². The van der Waals surface area contributed by atoms with E-state index >= 15 is 0 Å². The van der Waals surface area contributed by atoms with Gasteiger partial charge in [0.2, 0.25) is 0 Å². The lowest BCUT2D eigenvalue weighted by atomic mass is 10.1. The summed E-state index contributed by atoms with van der Waals surface area (Å²) in [7, 11) is 1.85. The Morgan fingerprint density at radius 1 is 1.24 bits per heavy atom. The molecular formula is C17H22N2O2. The lowest BCUT2D eigenvalue weighted by Gasteiger charge is -2.17. The lowest BCUT2D eigenvalue weighted by Crippen LogP contribution is -2.37. The predicted molar refractivity (Wildman–Crippen MR) is 83.8 cm³/mol. The molecular weight excluding hydrogens is 264 g/mol. The Bertz CT molecular complexity index is 611. The van der Waals surface area contributed by atoms with Crippen LogP contribution < -0.4 is 10.1 Å². The number of hydrogen-bond donors (Lipinski definition) is 1. The molecule has 2 rings (SSSR count). The van der Waals surface area contributed by atoms with Gasteiger partial charge in [0, 0.05) is 13.2 Å². The standard InChI is InChI=1S/C17H22N2O2/c1-12-7-5-8-13(2)16(12)21-11-14(3)18-17(20)15-9-6-10-19(15)4/h5-10,14H,11H2,1-4H3,(H,18,20). The van der Waals surface area contributed by atoms with E-state index < -0.39 is 0 Å². The summed E-state index contributed by atoms with van der Waals surface area (Å²) in [6.07, 6.45) is 1.85. The minimum Gasteiger partial charge on any atom is -0.491 e. The van der Waals surface area contributed by atoms with Crippen molar-refractivity contribution in [2.24, 2.45) is 7.05 Å². The van der Waals surface area contributed by atoms with Crippen molar-refractivity contribution in [3.63, 3.8) is 0 Å². The third kappa shape index (κ3) is 3.66. The normalized spacial score (nSPS) is 12.0. The molecule has 1 aromatic carbocycles. The summed E-state index contributed by atoms with van der Waals surface area (Å²) in [5.41, 5.74) is 2.86. The zero-order valence-electron chi connectivity index (χ0n) is 13.0. The number of carbonyl (C=O) groups excluding carboxylic acids is 1. The summed E-state index contributed by atoms with van der Waals surface area (Å²) in [5, 5.41) is 2.95. The largest absolute Gasteiger partial charge is 0.491 e. The van der Waals surface area contributed by atoms with Gasteiger partial charge in [-0.25, -0.2) is 0 Å². The number of nitrogens with zero attached hydrogens (tertiary/aromatic N) is 1. The highest BCUT2D eigenvalue weighted by Gasteiger charge is 2.13. The molecule has 0 saturated carbocycles. The molecule has 0 spiro atoms. The average Bonchev–Trinajstić information content (AvgIpc) is 2.84. The van der Waals surface area contributed by atoms with E-state index in [1.165, 1.54) is 0 Å². The molecule has 1 heterocycles. The summed E-state index contributed by atoms with van der Waals surface area (Å²) in [4.78, 5) is 12.1. The Morgan fingerprint density at radius 3 is 2.48 bits per heavy atom. The fraction of sp³-hybridized carbons (Fsp3) is 0.353. The summed E-state index contributed by atoms with van der Waals surface area (Å²) in [6.45, 7) is 6.43. The van der Waals surface area contributed by atoms with Crippen molar-refractivity contribution in [2.45, 2.75) is 26.8 Å². The molecule has 1 unspecified atom stereocenters. The fourth-order valence-corrected chi connectivity index (χ4v) is 2.27. The fourth-order valence-electron chi connectivity index (χ4n) is 2.27. The summed E-state index contributed by atoms with van der Waals surface area (Å²) in [6, 6.07) is 9.65. The molecule has 1 amide bonds. The van der Waals surface area contributed by atoms with Gasteiger partial charge in [0.25, 0.3) is 5.91 Å². The second-order valence-corrected chi connectivity index (χ2v) is 5.41. The van der Waals surface area contributed by atoms with Gasteiger partial charge in [-0.3, -0.25) is 4.79 Å². The first-order valence-corrected chi connectivity index (χ1v) is 7.10. The molecule has 4 nitrogen and oxygen atoms in total. The summed E-state index contributed by atoms with van der Waals surface area (Å²) in [5.74, 6) is 0.817. The van der Waals surface area contributed by atoms with Crippen LogP contribution in [0.3, 0.4) is 0 Å². The number of ether oxygens (including phenoxy) is 1. The third-order valence-corrected chi connectivity index (χ3v) is 3.44. The van der Waals surface area contributed by atoms with E-state index in [0.29, 0.717) is 12.3 Å². The molecule has 0 aliphatic rings. The smallest absolute Gasteiger partial charge is 0.268 e. The van der Waals surface area contributed by atoms with Crippen molar-refractivity contribution in [3.8, 4) is 5.75 Å². The molecule has 21 heavy (non-hydrogen) atoms. The van der Waals surface area contributed by atoms with E-state index in [1.807, 2.05) is 58.3 Å². The predicted octanol–water partition coefficient (Wildman–Crippen LogP) is 2.84. The topological polar surface area (TPSA) is 43.3 Å². The highest BCUT2D eigenvalue weighted by Crippen LogP contribution is 2.22. The summed E-state index contributed by atoms with van der Waals surface area (Å²) < 4.78 is 7.66. The van der Waals surface area contributed by atoms with Crippen LogP contribution in [-0.4, -0.2) is 23.1 Å². The molecule has 4 heteroatoms. The van der Waals surface area contributed by atoms with Crippen LogP contribution in [-0.2, 0) is 7.05 Å². The van der Waals surface area contributed by atoms with Crippen LogP contribution in [0.25, 0.3) is 0 Å². The van der Waals surface area contributed by atoms with Crippen LogP contribution in [0.1, 0.15) is 28.5 Å². The van der Waals surface area contributed by atoms with Crippen molar-refractivity contribution >= 4 is 5.91 Å². The van der Waals surface area contributed by atoms with E-state index in [2.05, 4.69) is 5.32 Å². The van der Waals surface area contributed by atoms with E-state index in [1.54, 1.807) is 10.6 Å². The number of rotatable bonds is 5. The SMILES string of the molecule is Cc1cccc(C)c1OCC(C)NC(=O)c1cccn1C. The molecule has 112 valence electrons. The molecule has 1 N–H and O–H groups in total. The van der Waals surface area contributed by atoms with Gasteiger partial charge in [-0.15, -0.1) is 0 Å². The Hall–Kier alpha value is -2.23. The van der Waals surface area contributed by atoms with Crippen LogP contribution >= 0.6 is 0 Å². The van der Waals surface area contributed by atoms with E-state index in [9.17, 15) is 4.79 Å². The number of para-hydroxylation sites is 1. The van der Waals surface area contributed by atoms with Gasteiger partial charge in [-0.05, 0) is 44.0 Å². The molecule has 0 aliphatic heterocycles. The maximum Gasteiger partial charge on any atom is 0.268 e. The highest BCUT2D eigenvalue weighted by atomic mass is 16.5. The first-order valence-electron chi connectivity index (χ1n) is 7.10. The first-order chi connectivity index (χ1) is 9.99. The van der Waals surface area contributed by atoms with Gasteiger partial charge >= 0.3 is 0 Å². The number of nitrogens with one attached hydrogen (secondary N) is 1. The number of hydrogen-bond acceptors (Lipinski definition) is 2. The molecule has 1 atom stereocenters. The van der Waals surface area contributed by atoms with Crippen molar-refractivity contribution < 1.29 is 9.53 Å². The van der Waals surface area contributed by atoms with Gasteiger partial charge in [-0.1, -0.05) is 18.2 Å². The maximum atomic E-state index is 12.1. The first kappa shape index (κ1) is 15.2. The lowest BCUT2D eigenvalue weighted by molar-refractivity contribution is 0.0918. The molecule has 0 radical (unpaired) electrons. The van der Waals surface area contributed by atoms with Gasteiger partial charge < -0.3 is 14.6 Å². The molecule has 0 fully saturated rings. The number of amides is 1. The third-order valence-electron chi connectivity index (χ3n) is 3.44. The number of aryl methyl sites for hydroxylation is 3. The molecule has 2 aromatic rings. The van der Waals surface area contributed by atoms with Crippen LogP contribution in [0.2, 0.25) is 0 Å². The molecule has 0 saturated heterocycles. The Morgan fingerprint density at radius 2 is 1.90 bits per heavy atom. The monoisotopic (exact) mass is 286 g/mol.